The summed E-state index contributed by atoms with van der Waals surface area (Å²) in [6.45, 7) is 5.84. The Labute approximate surface area is 108 Å². The Morgan fingerprint density at radius 1 is 1.35 bits per heavy atom. The Morgan fingerprint density at radius 2 is 2.06 bits per heavy atom. The second-order valence-corrected chi connectivity index (χ2v) is 4.57. The molecule has 3 nitrogen and oxygen atoms in total. The fourth-order valence-electron chi connectivity index (χ4n) is 1.46. The summed E-state index contributed by atoms with van der Waals surface area (Å²) in [5.74, 6) is 0. The van der Waals surface area contributed by atoms with Gasteiger partial charge < -0.3 is 15.2 Å². The molecule has 0 radical (unpaired) electrons. The van der Waals surface area contributed by atoms with Crippen LogP contribution in [0.4, 0.5) is 0 Å². The van der Waals surface area contributed by atoms with Crippen molar-refractivity contribution < 1.29 is 9.84 Å². The van der Waals surface area contributed by atoms with E-state index in [0.29, 0.717) is 18.2 Å². The van der Waals surface area contributed by atoms with Crippen LogP contribution in [0.1, 0.15) is 25.5 Å². The summed E-state index contributed by atoms with van der Waals surface area (Å²) in [7, 11) is 0. The number of ether oxygens (including phenoxy) is 1. The molecule has 0 aromatic heterocycles. The van der Waals surface area contributed by atoms with Gasteiger partial charge in [-0.05, 0) is 19.9 Å². The highest BCUT2D eigenvalue weighted by Gasteiger charge is 2.09. The quantitative estimate of drug-likeness (QED) is 0.737. The number of halogens is 1. The van der Waals surface area contributed by atoms with Crippen LogP contribution in [0, 0.1) is 0 Å². The molecule has 1 rings (SSSR count). The summed E-state index contributed by atoms with van der Waals surface area (Å²) in [6.07, 6.45) is -0.340. The van der Waals surface area contributed by atoms with Crippen LogP contribution in [0.2, 0.25) is 5.02 Å². The minimum absolute atomic E-state index is 0.241. The third-order valence-corrected chi connectivity index (χ3v) is 2.68. The van der Waals surface area contributed by atoms with Crippen LogP contribution in [0.3, 0.4) is 0 Å². The highest BCUT2D eigenvalue weighted by molar-refractivity contribution is 6.31. The second kappa shape index (κ2) is 7.67. The fraction of sp³-hybridized carbons (Fsp3) is 0.538. The van der Waals surface area contributed by atoms with E-state index >= 15 is 0 Å². The topological polar surface area (TPSA) is 41.5 Å². The number of nitrogens with one attached hydrogen (secondary N) is 1. The van der Waals surface area contributed by atoms with Crippen molar-refractivity contribution in [2.45, 2.75) is 26.1 Å². The molecule has 1 aromatic rings. The molecule has 4 heteroatoms. The Bertz CT molecular complexity index is 331. The molecule has 0 aliphatic carbocycles. The number of hydrogen-bond acceptors (Lipinski definition) is 3. The molecule has 0 aliphatic rings. The van der Waals surface area contributed by atoms with Gasteiger partial charge in [-0.25, -0.2) is 0 Å². The molecule has 1 aromatic carbocycles. The van der Waals surface area contributed by atoms with Crippen molar-refractivity contribution in [1.29, 1.82) is 0 Å². The molecule has 0 amide bonds. The number of hydrogen-bond donors (Lipinski definition) is 2. The molecule has 0 fully saturated rings. The van der Waals surface area contributed by atoms with Gasteiger partial charge in [0.1, 0.15) is 0 Å². The first-order valence-corrected chi connectivity index (χ1v) is 6.24. The monoisotopic (exact) mass is 257 g/mol. The van der Waals surface area contributed by atoms with Crippen molar-refractivity contribution in [3.8, 4) is 0 Å². The maximum absolute atomic E-state index is 9.92. The summed E-state index contributed by atoms with van der Waals surface area (Å²) >= 11 is 5.99. The van der Waals surface area contributed by atoms with Crippen LogP contribution in [0.25, 0.3) is 0 Å². The van der Waals surface area contributed by atoms with Gasteiger partial charge in [-0.15, -0.1) is 0 Å². The summed E-state index contributed by atoms with van der Waals surface area (Å²) < 4.78 is 5.38. The van der Waals surface area contributed by atoms with Gasteiger partial charge in [-0.1, -0.05) is 29.8 Å². The highest BCUT2D eigenvalue weighted by Crippen LogP contribution is 2.21. The van der Waals surface area contributed by atoms with Crippen LogP contribution >= 0.6 is 11.6 Å². The van der Waals surface area contributed by atoms with E-state index < -0.39 is 6.10 Å². The molecule has 1 unspecified atom stereocenters. The summed E-state index contributed by atoms with van der Waals surface area (Å²) in [5.41, 5.74) is 0.756. The van der Waals surface area contributed by atoms with Crippen molar-refractivity contribution in [2.24, 2.45) is 0 Å². The number of benzene rings is 1. The average molecular weight is 258 g/mol. The number of aliphatic hydroxyl groups excluding tert-OH is 1. The minimum atomic E-state index is -0.581. The molecule has 0 spiro atoms. The standard InChI is InChI=1S/C13H20ClNO2/c1-10(2)17-8-7-15-9-13(16)11-5-3-4-6-12(11)14/h3-6,10,13,15-16H,7-9H2,1-2H3. The molecule has 96 valence electrons. The van der Waals surface area contributed by atoms with Crippen molar-refractivity contribution in [3.05, 3.63) is 34.9 Å². The predicted molar refractivity (Wildman–Crippen MR) is 70.4 cm³/mol. The van der Waals surface area contributed by atoms with Crippen molar-refractivity contribution in [2.75, 3.05) is 19.7 Å². The van der Waals surface area contributed by atoms with Gasteiger partial charge in [0.15, 0.2) is 0 Å². The third kappa shape index (κ3) is 5.50. The first-order valence-electron chi connectivity index (χ1n) is 5.86. The average Bonchev–Trinajstić information content (AvgIpc) is 2.28. The Kier molecular flexibility index (Phi) is 6.52. The van der Waals surface area contributed by atoms with Gasteiger partial charge in [-0.2, -0.15) is 0 Å². The molecule has 17 heavy (non-hydrogen) atoms. The maximum Gasteiger partial charge on any atom is 0.0928 e. The molecule has 1 atom stereocenters. The lowest BCUT2D eigenvalue weighted by Gasteiger charge is -2.14. The van der Waals surface area contributed by atoms with Gasteiger partial charge in [0, 0.05) is 23.7 Å². The van der Waals surface area contributed by atoms with Gasteiger partial charge >= 0.3 is 0 Å². The van der Waals surface area contributed by atoms with Crippen LogP contribution in [0.5, 0.6) is 0 Å². The van der Waals surface area contributed by atoms with Crippen molar-refractivity contribution in [1.82, 2.24) is 5.32 Å². The van der Waals surface area contributed by atoms with Gasteiger partial charge in [-0.3, -0.25) is 0 Å². The molecule has 0 aliphatic heterocycles. The normalized spacial score (nSPS) is 13.0. The summed E-state index contributed by atoms with van der Waals surface area (Å²) in [4.78, 5) is 0. The molecular formula is C13H20ClNO2. The van der Waals surface area contributed by atoms with E-state index in [2.05, 4.69) is 5.32 Å². The van der Waals surface area contributed by atoms with Gasteiger partial charge in [0.2, 0.25) is 0 Å². The lowest BCUT2D eigenvalue weighted by molar-refractivity contribution is 0.0781. The lowest BCUT2D eigenvalue weighted by atomic mass is 10.1. The number of rotatable bonds is 7. The summed E-state index contributed by atoms with van der Waals surface area (Å²) in [6, 6.07) is 7.33. The molecule has 2 N–H and O–H groups in total. The van der Waals surface area contributed by atoms with Gasteiger partial charge in [0.25, 0.3) is 0 Å². The zero-order valence-corrected chi connectivity index (χ0v) is 11.1. The smallest absolute Gasteiger partial charge is 0.0928 e. The van der Waals surface area contributed by atoms with E-state index in [0.717, 1.165) is 12.1 Å². The molecule has 0 saturated heterocycles. The zero-order valence-electron chi connectivity index (χ0n) is 10.3. The van der Waals surface area contributed by atoms with Crippen LogP contribution in [0.15, 0.2) is 24.3 Å². The second-order valence-electron chi connectivity index (χ2n) is 4.16. The van der Waals surface area contributed by atoms with Crippen molar-refractivity contribution in [3.63, 3.8) is 0 Å². The van der Waals surface area contributed by atoms with Crippen molar-refractivity contribution >= 4 is 11.6 Å². The largest absolute Gasteiger partial charge is 0.387 e. The Balaban J connectivity index is 2.26. The summed E-state index contributed by atoms with van der Waals surface area (Å²) in [5, 5.41) is 13.7. The molecule has 0 heterocycles. The van der Waals surface area contributed by atoms with E-state index in [4.69, 9.17) is 16.3 Å². The van der Waals surface area contributed by atoms with Crippen LogP contribution in [-0.2, 0) is 4.74 Å². The van der Waals surface area contributed by atoms with E-state index in [1.165, 1.54) is 0 Å². The highest BCUT2D eigenvalue weighted by atomic mass is 35.5. The molecule has 0 saturated carbocycles. The molecular weight excluding hydrogens is 238 g/mol. The van der Waals surface area contributed by atoms with E-state index in [-0.39, 0.29) is 6.10 Å². The zero-order chi connectivity index (χ0) is 12.7. The van der Waals surface area contributed by atoms with Crippen LogP contribution in [-0.4, -0.2) is 30.9 Å². The van der Waals surface area contributed by atoms with Crippen LogP contribution < -0.4 is 5.32 Å². The van der Waals surface area contributed by atoms with E-state index in [9.17, 15) is 5.11 Å². The number of aliphatic hydroxyl groups is 1. The van der Waals surface area contributed by atoms with E-state index in [1.54, 1.807) is 6.07 Å². The first-order chi connectivity index (χ1) is 8.11. The predicted octanol–water partition coefficient (Wildman–Crippen LogP) is 2.39. The maximum atomic E-state index is 9.92. The molecule has 0 bridgehead atoms. The van der Waals surface area contributed by atoms with Gasteiger partial charge in [0.05, 0.1) is 18.8 Å². The lowest BCUT2D eigenvalue weighted by Crippen LogP contribution is -2.26. The first kappa shape index (κ1) is 14.5. The minimum Gasteiger partial charge on any atom is -0.387 e. The SMILES string of the molecule is CC(C)OCCNCC(O)c1ccccc1Cl. The fourth-order valence-corrected chi connectivity index (χ4v) is 1.72. The Hall–Kier alpha value is -0.610. The Morgan fingerprint density at radius 3 is 2.71 bits per heavy atom. The third-order valence-electron chi connectivity index (χ3n) is 2.33. The van der Waals surface area contributed by atoms with E-state index in [1.807, 2.05) is 32.0 Å².